The average molecular weight is 335 g/mol. The largest absolute Gasteiger partial charge is 0.448 e. The number of cyclic esters (lactones) is 1. The number of carbonyl (C=O) groups excluding carboxylic acids is 2. The molecule has 1 unspecified atom stereocenters. The average Bonchev–Trinajstić information content (AvgIpc) is 3.17. The summed E-state index contributed by atoms with van der Waals surface area (Å²) < 4.78 is 6.74. The van der Waals surface area contributed by atoms with Gasteiger partial charge in [-0.2, -0.15) is 5.10 Å². The van der Waals surface area contributed by atoms with Crippen molar-refractivity contribution in [3.05, 3.63) is 66.4 Å². The predicted octanol–water partition coefficient (Wildman–Crippen LogP) is 1.38. The molecule has 1 N–H and O–H groups in total. The first kappa shape index (κ1) is 15.0. The monoisotopic (exact) mass is 335 g/mol. The van der Waals surface area contributed by atoms with Gasteiger partial charge >= 0.3 is 5.97 Å². The van der Waals surface area contributed by atoms with Crippen molar-refractivity contribution in [2.45, 2.75) is 12.5 Å². The first-order valence-electron chi connectivity index (χ1n) is 7.61. The smallest absolute Gasteiger partial charge is 0.339 e. The van der Waals surface area contributed by atoms with Gasteiger partial charge in [-0.25, -0.2) is 19.4 Å². The molecule has 1 amide bonds. The molecule has 4 rings (SSSR count). The highest BCUT2D eigenvalue weighted by Gasteiger charge is 2.31. The normalized spacial score (nSPS) is 16.0. The van der Waals surface area contributed by atoms with E-state index in [0.29, 0.717) is 23.5 Å². The summed E-state index contributed by atoms with van der Waals surface area (Å²) in [7, 11) is 0. The van der Waals surface area contributed by atoms with E-state index in [9.17, 15) is 9.59 Å². The molecule has 25 heavy (non-hydrogen) atoms. The minimum absolute atomic E-state index is 0.345. The molecule has 0 saturated carbocycles. The zero-order valence-electron chi connectivity index (χ0n) is 13.0. The van der Waals surface area contributed by atoms with Gasteiger partial charge in [0.05, 0.1) is 17.4 Å². The molecule has 0 spiro atoms. The predicted molar refractivity (Wildman–Crippen MR) is 87.1 cm³/mol. The van der Waals surface area contributed by atoms with Gasteiger partial charge in [0.1, 0.15) is 12.7 Å². The number of esters is 1. The Morgan fingerprint density at radius 2 is 2.12 bits per heavy atom. The second kappa shape index (κ2) is 6.16. The molecule has 3 heterocycles. The number of fused-ring (bicyclic) bond motifs is 1. The zero-order chi connectivity index (χ0) is 17.2. The molecule has 3 aromatic rings. The van der Waals surface area contributed by atoms with Crippen molar-refractivity contribution < 1.29 is 14.3 Å². The number of carbonyl (C=O) groups is 2. The van der Waals surface area contributed by atoms with E-state index in [4.69, 9.17) is 4.74 Å². The van der Waals surface area contributed by atoms with Crippen molar-refractivity contribution in [2.75, 3.05) is 5.32 Å². The minimum atomic E-state index is -0.864. The Bertz CT molecular complexity index is 922. The molecule has 0 aliphatic carbocycles. The fourth-order valence-corrected chi connectivity index (χ4v) is 2.62. The lowest BCUT2D eigenvalue weighted by atomic mass is 9.98. The van der Waals surface area contributed by atoms with Gasteiger partial charge in [0.2, 0.25) is 0 Å². The summed E-state index contributed by atoms with van der Waals surface area (Å²) in [5.74, 6) is -0.298. The van der Waals surface area contributed by atoms with Gasteiger partial charge in [0.15, 0.2) is 11.9 Å². The van der Waals surface area contributed by atoms with Crippen molar-refractivity contribution in [3.63, 3.8) is 0 Å². The Balaban J connectivity index is 1.47. The van der Waals surface area contributed by atoms with Crippen LogP contribution >= 0.6 is 0 Å². The summed E-state index contributed by atoms with van der Waals surface area (Å²) in [5, 5.41) is 6.69. The van der Waals surface area contributed by atoms with Crippen molar-refractivity contribution in [1.29, 1.82) is 0 Å². The Labute approximate surface area is 142 Å². The summed E-state index contributed by atoms with van der Waals surface area (Å²) in [6, 6.07) is 10.5. The maximum atomic E-state index is 12.4. The number of anilines is 1. The van der Waals surface area contributed by atoms with Crippen molar-refractivity contribution in [3.8, 4) is 5.82 Å². The molecular weight excluding hydrogens is 322 g/mol. The lowest BCUT2D eigenvalue weighted by Crippen LogP contribution is -2.38. The van der Waals surface area contributed by atoms with Gasteiger partial charge in [0, 0.05) is 6.42 Å². The first-order valence-corrected chi connectivity index (χ1v) is 7.61. The number of hydrogen-bond donors (Lipinski definition) is 1. The van der Waals surface area contributed by atoms with E-state index in [0.717, 1.165) is 5.56 Å². The molecule has 8 heteroatoms. The van der Waals surface area contributed by atoms with Gasteiger partial charge in [-0.05, 0) is 23.8 Å². The zero-order valence-corrected chi connectivity index (χ0v) is 13.0. The summed E-state index contributed by atoms with van der Waals surface area (Å²) in [4.78, 5) is 32.4. The number of rotatable bonds is 3. The molecule has 0 fully saturated rings. The Morgan fingerprint density at radius 3 is 2.88 bits per heavy atom. The molecule has 124 valence electrons. The number of aromatic nitrogens is 4. The Kier molecular flexibility index (Phi) is 3.70. The molecule has 1 atom stereocenters. The fourth-order valence-electron chi connectivity index (χ4n) is 2.62. The van der Waals surface area contributed by atoms with Crippen LogP contribution in [0.1, 0.15) is 15.9 Å². The van der Waals surface area contributed by atoms with Crippen LogP contribution in [-0.4, -0.2) is 37.7 Å². The van der Waals surface area contributed by atoms with Crippen LogP contribution in [0.25, 0.3) is 5.82 Å². The maximum Gasteiger partial charge on any atom is 0.339 e. The molecule has 8 nitrogen and oxygen atoms in total. The lowest BCUT2D eigenvalue weighted by Gasteiger charge is -2.23. The van der Waals surface area contributed by atoms with E-state index in [-0.39, 0.29) is 0 Å². The third-order valence-electron chi connectivity index (χ3n) is 3.85. The van der Waals surface area contributed by atoms with Crippen molar-refractivity contribution >= 4 is 17.6 Å². The summed E-state index contributed by atoms with van der Waals surface area (Å²) in [5.41, 5.74) is 1.81. The Hall–Kier alpha value is -3.55. The number of hydrogen-bond acceptors (Lipinski definition) is 6. The summed E-state index contributed by atoms with van der Waals surface area (Å²) in [6.07, 6.45) is 3.93. The molecule has 0 radical (unpaired) electrons. The van der Waals surface area contributed by atoms with E-state index in [2.05, 4.69) is 20.4 Å². The highest BCUT2D eigenvalue weighted by atomic mass is 16.5. The lowest BCUT2D eigenvalue weighted by molar-refractivity contribution is -0.125. The number of benzene rings is 1. The van der Waals surface area contributed by atoms with Crippen LogP contribution in [-0.2, 0) is 16.0 Å². The Morgan fingerprint density at radius 1 is 1.24 bits per heavy atom. The number of nitrogens with one attached hydrogen (secondary N) is 1. The van der Waals surface area contributed by atoms with Crippen LogP contribution < -0.4 is 5.32 Å². The third-order valence-corrected chi connectivity index (χ3v) is 3.85. The molecule has 2 aromatic heterocycles. The number of nitrogens with zero attached hydrogens (tertiary/aromatic N) is 4. The third kappa shape index (κ3) is 2.97. The quantitative estimate of drug-likeness (QED) is 0.726. The minimum Gasteiger partial charge on any atom is -0.448 e. The van der Waals surface area contributed by atoms with Crippen molar-refractivity contribution in [2.24, 2.45) is 0 Å². The van der Waals surface area contributed by atoms with E-state index < -0.39 is 18.0 Å². The fraction of sp³-hybridized carbons (Fsp3) is 0.118. The van der Waals surface area contributed by atoms with E-state index in [1.807, 2.05) is 12.1 Å². The van der Waals surface area contributed by atoms with Crippen molar-refractivity contribution in [1.82, 2.24) is 19.7 Å². The second-order valence-electron chi connectivity index (χ2n) is 5.49. The van der Waals surface area contributed by atoms with Gasteiger partial charge in [0.25, 0.3) is 5.91 Å². The standard InChI is InChI=1S/C17H13N5O3/c23-16(14-7-11-3-1-2-4-13(11)17(24)25-14)21-12-5-6-15(19-8-12)22-10-18-9-20-22/h1-6,8-10,14H,7H2,(H,21,23). The van der Waals surface area contributed by atoms with Gasteiger partial charge < -0.3 is 10.1 Å². The van der Waals surface area contributed by atoms with Crippen LogP contribution in [0, 0.1) is 0 Å². The van der Waals surface area contributed by atoms with E-state index in [1.165, 1.54) is 23.5 Å². The second-order valence-corrected chi connectivity index (χ2v) is 5.49. The van der Waals surface area contributed by atoms with E-state index >= 15 is 0 Å². The van der Waals surface area contributed by atoms with Gasteiger partial charge in [-0.15, -0.1) is 0 Å². The molecule has 0 saturated heterocycles. The highest BCUT2D eigenvalue weighted by Crippen LogP contribution is 2.21. The molecule has 0 bridgehead atoms. The number of ether oxygens (including phenoxy) is 1. The van der Waals surface area contributed by atoms with Gasteiger partial charge in [-0.3, -0.25) is 4.79 Å². The van der Waals surface area contributed by atoms with Gasteiger partial charge in [-0.1, -0.05) is 18.2 Å². The summed E-state index contributed by atoms with van der Waals surface area (Å²) >= 11 is 0. The summed E-state index contributed by atoms with van der Waals surface area (Å²) in [6.45, 7) is 0. The van der Waals surface area contributed by atoms with E-state index in [1.54, 1.807) is 24.3 Å². The molecule has 1 aliphatic heterocycles. The number of pyridine rings is 1. The van der Waals surface area contributed by atoms with Crippen LogP contribution in [0.3, 0.4) is 0 Å². The topological polar surface area (TPSA) is 99.0 Å². The van der Waals surface area contributed by atoms with Crippen LogP contribution in [0.5, 0.6) is 0 Å². The van der Waals surface area contributed by atoms with Crippen LogP contribution in [0.4, 0.5) is 5.69 Å². The van der Waals surface area contributed by atoms with Crippen LogP contribution in [0.2, 0.25) is 0 Å². The SMILES string of the molecule is O=C1OC(C(=O)Nc2ccc(-n3cncn3)nc2)Cc2ccccc21. The number of amides is 1. The molecule has 1 aromatic carbocycles. The highest BCUT2D eigenvalue weighted by molar-refractivity contribution is 6.00. The molecule has 1 aliphatic rings. The molecular formula is C17H13N5O3. The first-order chi connectivity index (χ1) is 12.2. The van der Waals surface area contributed by atoms with Crippen LogP contribution in [0.15, 0.2) is 55.2 Å². The maximum absolute atomic E-state index is 12.4.